The molecule has 1 aliphatic rings. The highest BCUT2D eigenvalue weighted by Crippen LogP contribution is 2.36. The summed E-state index contributed by atoms with van der Waals surface area (Å²) in [5, 5.41) is 0. The fourth-order valence-electron chi connectivity index (χ4n) is 1.43. The van der Waals surface area contributed by atoms with Crippen LogP contribution < -0.4 is 0 Å². The molecule has 0 aromatic carbocycles. The Morgan fingerprint density at radius 1 is 1.18 bits per heavy atom. The second-order valence-electron chi connectivity index (χ2n) is 3.47. The summed E-state index contributed by atoms with van der Waals surface area (Å²) >= 11 is 2.45. The van der Waals surface area contributed by atoms with Gasteiger partial charge in [0.1, 0.15) is 0 Å². The zero-order valence-electron chi connectivity index (χ0n) is 7.61. The van der Waals surface area contributed by atoms with E-state index in [1.807, 2.05) is 0 Å². The molecule has 0 saturated heterocycles. The molecule has 11 heavy (non-hydrogen) atoms. The average Bonchev–Trinajstić information content (AvgIpc) is 1.97. The van der Waals surface area contributed by atoms with Crippen LogP contribution >= 0.6 is 22.6 Å². The summed E-state index contributed by atoms with van der Waals surface area (Å²) in [5.41, 5.74) is 3.01. The molecule has 2 unspecified atom stereocenters. The highest BCUT2D eigenvalue weighted by molar-refractivity contribution is 14.1. The van der Waals surface area contributed by atoms with Crippen molar-refractivity contribution in [3.63, 3.8) is 0 Å². The summed E-state index contributed by atoms with van der Waals surface area (Å²) in [6, 6.07) is 0. The molecule has 0 aromatic rings. The Morgan fingerprint density at radius 3 is 2.27 bits per heavy atom. The summed E-state index contributed by atoms with van der Waals surface area (Å²) in [4.78, 5) is 0. The maximum Gasteiger partial charge on any atom is -0.00573 e. The van der Waals surface area contributed by atoms with Crippen LogP contribution in [0.25, 0.3) is 0 Å². The largest absolute Gasteiger partial charge is 0.0669 e. The number of hydrogen-bond acceptors (Lipinski definition) is 0. The number of allylic oxidation sites excluding steroid dienone is 4. The monoisotopic (exact) mass is 262 g/mol. The summed E-state index contributed by atoms with van der Waals surface area (Å²) in [5.74, 6) is 1.45. The second kappa shape index (κ2) is 3.30. The fraction of sp³-hybridized carbons (Fsp3) is 0.600. The van der Waals surface area contributed by atoms with Crippen molar-refractivity contribution in [3.05, 3.63) is 20.8 Å². The Hall–Kier alpha value is 0.210. The topological polar surface area (TPSA) is 0 Å². The van der Waals surface area contributed by atoms with E-state index in [9.17, 15) is 0 Å². The second-order valence-corrected chi connectivity index (χ2v) is 4.72. The predicted molar refractivity (Wildman–Crippen MR) is 58.8 cm³/mol. The molecule has 2 atom stereocenters. The van der Waals surface area contributed by atoms with Crippen molar-refractivity contribution in [1.82, 2.24) is 0 Å². The van der Waals surface area contributed by atoms with Gasteiger partial charge in [-0.1, -0.05) is 25.0 Å². The molecule has 1 heteroatoms. The SMILES string of the molecule is CC1=C(C)C(C)C(C)C(I)=C1. The summed E-state index contributed by atoms with van der Waals surface area (Å²) in [6.07, 6.45) is 2.31. The van der Waals surface area contributed by atoms with Crippen molar-refractivity contribution in [3.8, 4) is 0 Å². The lowest BCUT2D eigenvalue weighted by Crippen LogP contribution is -2.14. The minimum Gasteiger partial charge on any atom is -0.0669 e. The van der Waals surface area contributed by atoms with Crippen molar-refractivity contribution in [2.75, 3.05) is 0 Å². The summed E-state index contributed by atoms with van der Waals surface area (Å²) in [7, 11) is 0. The van der Waals surface area contributed by atoms with E-state index in [1.54, 1.807) is 5.57 Å². The van der Waals surface area contributed by atoms with Gasteiger partial charge in [0.2, 0.25) is 0 Å². The number of halogens is 1. The van der Waals surface area contributed by atoms with Crippen LogP contribution in [0.2, 0.25) is 0 Å². The average molecular weight is 262 g/mol. The molecular formula is C10H15I. The van der Waals surface area contributed by atoms with Crippen molar-refractivity contribution in [1.29, 1.82) is 0 Å². The van der Waals surface area contributed by atoms with Crippen LogP contribution in [-0.4, -0.2) is 0 Å². The van der Waals surface area contributed by atoms with Crippen LogP contribution in [0.4, 0.5) is 0 Å². The summed E-state index contributed by atoms with van der Waals surface area (Å²) < 4.78 is 1.50. The highest BCUT2D eigenvalue weighted by Gasteiger charge is 2.21. The third kappa shape index (κ3) is 1.68. The first-order valence-electron chi connectivity index (χ1n) is 4.08. The minimum atomic E-state index is 0.722. The molecule has 0 aromatic heterocycles. The van der Waals surface area contributed by atoms with Gasteiger partial charge in [0.25, 0.3) is 0 Å². The number of rotatable bonds is 0. The molecule has 0 amide bonds. The van der Waals surface area contributed by atoms with Gasteiger partial charge in [-0.05, 0) is 57.9 Å². The van der Waals surface area contributed by atoms with Crippen LogP contribution in [0, 0.1) is 11.8 Å². The molecule has 0 saturated carbocycles. The first-order valence-corrected chi connectivity index (χ1v) is 5.16. The quantitative estimate of drug-likeness (QED) is 0.580. The Labute approximate surface area is 82.9 Å². The molecular weight excluding hydrogens is 247 g/mol. The van der Waals surface area contributed by atoms with Crippen LogP contribution in [0.3, 0.4) is 0 Å². The molecule has 0 aliphatic heterocycles. The van der Waals surface area contributed by atoms with Gasteiger partial charge in [0, 0.05) is 0 Å². The van der Waals surface area contributed by atoms with Crippen molar-refractivity contribution in [2.45, 2.75) is 27.7 Å². The van der Waals surface area contributed by atoms with Gasteiger partial charge in [-0.15, -0.1) is 0 Å². The lowest BCUT2D eigenvalue weighted by molar-refractivity contribution is 0.514. The van der Waals surface area contributed by atoms with Crippen molar-refractivity contribution < 1.29 is 0 Å². The third-order valence-corrected chi connectivity index (χ3v) is 4.14. The van der Waals surface area contributed by atoms with E-state index in [-0.39, 0.29) is 0 Å². The molecule has 0 heterocycles. The molecule has 0 N–H and O–H groups in total. The van der Waals surface area contributed by atoms with E-state index in [0.29, 0.717) is 0 Å². The molecule has 1 aliphatic carbocycles. The zero-order chi connectivity index (χ0) is 8.59. The maximum atomic E-state index is 2.45. The first kappa shape index (κ1) is 9.30. The Kier molecular flexibility index (Phi) is 2.79. The van der Waals surface area contributed by atoms with Crippen LogP contribution in [-0.2, 0) is 0 Å². The fourth-order valence-corrected chi connectivity index (χ4v) is 2.43. The highest BCUT2D eigenvalue weighted by atomic mass is 127. The van der Waals surface area contributed by atoms with E-state index < -0.39 is 0 Å². The molecule has 0 spiro atoms. The normalized spacial score (nSPS) is 32.3. The maximum absolute atomic E-state index is 2.45. The first-order chi connectivity index (χ1) is 5.04. The third-order valence-electron chi connectivity index (χ3n) is 2.84. The van der Waals surface area contributed by atoms with Gasteiger partial charge in [-0.25, -0.2) is 0 Å². The molecule has 0 nitrogen and oxygen atoms in total. The predicted octanol–water partition coefficient (Wildman–Crippen LogP) is 3.93. The minimum absolute atomic E-state index is 0.722. The van der Waals surface area contributed by atoms with E-state index in [4.69, 9.17) is 0 Å². The van der Waals surface area contributed by atoms with Gasteiger partial charge < -0.3 is 0 Å². The van der Waals surface area contributed by atoms with Crippen LogP contribution in [0.15, 0.2) is 20.8 Å². The van der Waals surface area contributed by atoms with E-state index in [2.05, 4.69) is 56.4 Å². The number of hydrogen-bond donors (Lipinski definition) is 0. The molecule has 0 bridgehead atoms. The molecule has 1 rings (SSSR count). The van der Waals surface area contributed by atoms with Gasteiger partial charge >= 0.3 is 0 Å². The van der Waals surface area contributed by atoms with Gasteiger partial charge in [-0.3, -0.25) is 0 Å². The lowest BCUT2D eigenvalue weighted by Gasteiger charge is -2.26. The molecule has 0 radical (unpaired) electrons. The lowest BCUT2D eigenvalue weighted by atomic mass is 9.83. The standard InChI is InChI=1S/C10H15I/c1-6-5-10(11)9(4)8(3)7(6)2/h5,8-9H,1-4H3. The summed E-state index contributed by atoms with van der Waals surface area (Å²) in [6.45, 7) is 9.07. The van der Waals surface area contributed by atoms with Crippen LogP contribution in [0.5, 0.6) is 0 Å². The smallest absolute Gasteiger partial charge is 0.00573 e. The molecule has 62 valence electrons. The van der Waals surface area contributed by atoms with E-state index in [0.717, 1.165) is 11.8 Å². The van der Waals surface area contributed by atoms with Crippen LogP contribution in [0.1, 0.15) is 27.7 Å². The van der Waals surface area contributed by atoms with Crippen molar-refractivity contribution >= 4 is 22.6 Å². The zero-order valence-corrected chi connectivity index (χ0v) is 9.77. The van der Waals surface area contributed by atoms with E-state index >= 15 is 0 Å². The van der Waals surface area contributed by atoms with E-state index in [1.165, 1.54) is 9.15 Å². The Balaban J connectivity index is 3.01. The van der Waals surface area contributed by atoms with Gasteiger partial charge in [-0.2, -0.15) is 0 Å². The molecule has 0 fully saturated rings. The van der Waals surface area contributed by atoms with Gasteiger partial charge in [0.15, 0.2) is 0 Å². The Bertz CT molecular complexity index is 223. The van der Waals surface area contributed by atoms with Crippen molar-refractivity contribution in [2.24, 2.45) is 11.8 Å². The van der Waals surface area contributed by atoms with Gasteiger partial charge in [0.05, 0.1) is 0 Å². The Morgan fingerprint density at radius 2 is 1.73 bits per heavy atom.